The van der Waals surface area contributed by atoms with Gasteiger partial charge in [-0.2, -0.15) is 0 Å². The maximum absolute atomic E-state index is 8.02. The lowest BCUT2D eigenvalue weighted by atomic mass is 10.1. The molecule has 1 saturated heterocycles. The lowest BCUT2D eigenvalue weighted by Crippen LogP contribution is -2.35. The SMILES string of the molecule is Cl.N=C(c1ccncc1)N1CCCCC1. The van der Waals surface area contributed by atoms with Crippen LogP contribution in [0.2, 0.25) is 0 Å². The largest absolute Gasteiger partial charge is 0.357 e. The number of piperidine rings is 1. The zero-order chi connectivity index (χ0) is 9.80. The van der Waals surface area contributed by atoms with Gasteiger partial charge in [-0.05, 0) is 31.4 Å². The van der Waals surface area contributed by atoms with Crippen LogP contribution in [0.3, 0.4) is 0 Å². The Morgan fingerprint density at radius 3 is 2.33 bits per heavy atom. The fraction of sp³-hybridized carbons (Fsp3) is 0.455. The molecule has 1 aromatic rings. The van der Waals surface area contributed by atoms with Gasteiger partial charge < -0.3 is 4.90 Å². The molecule has 0 amide bonds. The Morgan fingerprint density at radius 2 is 1.73 bits per heavy atom. The number of nitrogens with one attached hydrogen (secondary N) is 1. The molecule has 4 heteroatoms. The van der Waals surface area contributed by atoms with E-state index in [1.54, 1.807) is 12.4 Å². The normalized spacial score (nSPS) is 15.6. The highest BCUT2D eigenvalue weighted by molar-refractivity contribution is 5.96. The van der Waals surface area contributed by atoms with Crippen LogP contribution in [0.25, 0.3) is 0 Å². The summed E-state index contributed by atoms with van der Waals surface area (Å²) in [6.45, 7) is 2.06. The predicted molar refractivity (Wildman–Crippen MR) is 63.7 cm³/mol. The van der Waals surface area contributed by atoms with E-state index >= 15 is 0 Å². The van der Waals surface area contributed by atoms with E-state index in [2.05, 4.69) is 9.88 Å². The molecule has 1 aliphatic rings. The standard InChI is InChI=1S/C11H15N3.ClH/c12-11(10-4-6-13-7-5-10)14-8-2-1-3-9-14;/h4-7,12H,1-3,8-9H2;1H. The number of hydrogen-bond donors (Lipinski definition) is 1. The molecule has 0 spiro atoms. The van der Waals surface area contributed by atoms with E-state index in [9.17, 15) is 0 Å². The van der Waals surface area contributed by atoms with Crippen LogP contribution in [0.5, 0.6) is 0 Å². The molecule has 1 N–H and O–H groups in total. The highest BCUT2D eigenvalue weighted by atomic mass is 35.5. The number of pyridine rings is 1. The summed E-state index contributed by atoms with van der Waals surface area (Å²) in [7, 11) is 0. The van der Waals surface area contributed by atoms with Crippen molar-refractivity contribution in [3.8, 4) is 0 Å². The Bertz CT molecular complexity index is 307. The quantitative estimate of drug-likeness (QED) is 0.589. The van der Waals surface area contributed by atoms with E-state index < -0.39 is 0 Å². The Hall–Kier alpha value is -1.09. The third-order valence-corrected chi connectivity index (χ3v) is 2.63. The van der Waals surface area contributed by atoms with Gasteiger partial charge in [0.2, 0.25) is 0 Å². The fourth-order valence-electron chi connectivity index (χ4n) is 1.81. The summed E-state index contributed by atoms with van der Waals surface area (Å²) >= 11 is 0. The van der Waals surface area contributed by atoms with Crippen molar-refractivity contribution in [2.24, 2.45) is 0 Å². The van der Waals surface area contributed by atoms with Crippen molar-refractivity contribution >= 4 is 18.2 Å². The van der Waals surface area contributed by atoms with Crippen molar-refractivity contribution < 1.29 is 0 Å². The summed E-state index contributed by atoms with van der Waals surface area (Å²) in [5, 5.41) is 8.02. The molecule has 2 rings (SSSR count). The second kappa shape index (κ2) is 5.71. The monoisotopic (exact) mass is 225 g/mol. The van der Waals surface area contributed by atoms with E-state index in [-0.39, 0.29) is 12.4 Å². The molecule has 0 unspecified atom stereocenters. The average Bonchev–Trinajstić information content (AvgIpc) is 2.30. The van der Waals surface area contributed by atoms with Gasteiger partial charge in [-0.25, -0.2) is 0 Å². The predicted octanol–water partition coefficient (Wildman–Crippen LogP) is 2.31. The van der Waals surface area contributed by atoms with E-state index in [1.165, 1.54) is 19.3 Å². The molecule has 82 valence electrons. The summed E-state index contributed by atoms with van der Waals surface area (Å²) < 4.78 is 0. The number of aromatic nitrogens is 1. The van der Waals surface area contributed by atoms with E-state index in [4.69, 9.17) is 5.41 Å². The summed E-state index contributed by atoms with van der Waals surface area (Å²) in [6.07, 6.45) is 7.22. The minimum absolute atomic E-state index is 0. The van der Waals surface area contributed by atoms with Crippen LogP contribution >= 0.6 is 12.4 Å². The van der Waals surface area contributed by atoms with E-state index in [1.807, 2.05) is 12.1 Å². The van der Waals surface area contributed by atoms with Crippen LogP contribution in [-0.2, 0) is 0 Å². The second-order valence-electron chi connectivity index (χ2n) is 3.63. The topological polar surface area (TPSA) is 40.0 Å². The highest BCUT2D eigenvalue weighted by Gasteiger charge is 2.14. The molecule has 0 aliphatic carbocycles. The Balaban J connectivity index is 0.00000112. The maximum atomic E-state index is 8.02. The molecule has 1 aliphatic heterocycles. The first kappa shape index (κ1) is 12.0. The van der Waals surface area contributed by atoms with E-state index in [0.29, 0.717) is 5.84 Å². The molecule has 0 radical (unpaired) electrons. The fourth-order valence-corrected chi connectivity index (χ4v) is 1.81. The third-order valence-electron chi connectivity index (χ3n) is 2.63. The van der Waals surface area contributed by atoms with Crippen LogP contribution in [0.15, 0.2) is 24.5 Å². The summed E-state index contributed by atoms with van der Waals surface area (Å²) in [4.78, 5) is 6.11. The van der Waals surface area contributed by atoms with Crippen LogP contribution in [0.1, 0.15) is 24.8 Å². The van der Waals surface area contributed by atoms with Crippen molar-refractivity contribution in [3.05, 3.63) is 30.1 Å². The molecule has 0 saturated carbocycles. The van der Waals surface area contributed by atoms with Gasteiger partial charge in [0.25, 0.3) is 0 Å². The summed E-state index contributed by atoms with van der Waals surface area (Å²) in [5.74, 6) is 0.645. The Labute approximate surface area is 96.4 Å². The van der Waals surface area contributed by atoms with E-state index in [0.717, 1.165) is 18.7 Å². The number of hydrogen-bond acceptors (Lipinski definition) is 2. The lowest BCUT2D eigenvalue weighted by molar-refractivity contribution is 0.341. The molecule has 2 heterocycles. The van der Waals surface area contributed by atoms with Gasteiger partial charge in [0.1, 0.15) is 5.84 Å². The minimum atomic E-state index is 0. The number of nitrogens with zero attached hydrogens (tertiary/aromatic N) is 2. The highest BCUT2D eigenvalue weighted by Crippen LogP contribution is 2.12. The molecule has 3 nitrogen and oxygen atoms in total. The minimum Gasteiger partial charge on any atom is -0.357 e. The molecule has 1 aromatic heterocycles. The Morgan fingerprint density at radius 1 is 1.13 bits per heavy atom. The molecule has 0 aromatic carbocycles. The number of rotatable bonds is 1. The van der Waals surface area contributed by atoms with Crippen molar-refractivity contribution in [2.75, 3.05) is 13.1 Å². The first-order chi connectivity index (χ1) is 6.88. The lowest BCUT2D eigenvalue weighted by Gasteiger charge is -2.28. The van der Waals surface area contributed by atoms with Gasteiger partial charge in [-0.3, -0.25) is 10.4 Å². The number of likely N-dealkylation sites (tertiary alicyclic amines) is 1. The molecule has 0 bridgehead atoms. The number of amidine groups is 1. The number of halogens is 1. The van der Waals surface area contributed by atoms with Crippen molar-refractivity contribution in [1.82, 2.24) is 9.88 Å². The van der Waals surface area contributed by atoms with Gasteiger partial charge in [0.05, 0.1) is 0 Å². The van der Waals surface area contributed by atoms with Gasteiger partial charge in [-0.1, -0.05) is 0 Å². The van der Waals surface area contributed by atoms with Gasteiger partial charge in [0, 0.05) is 31.0 Å². The summed E-state index contributed by atoms with van der Waals surface area (Å²) in [6, 6.07) is 3.80. The van der Waals surface area contributed by atoms with Crippen molar-refractivity contribution in [2.45, 2.75) is 19.3 Å². The third kappa shape index (κ3) is 2.93. The maximum Gasteiger partial charge on any atom is 0.128 e. The molecular weight excluding hydrogens is 210 g/mol. The zero-order valence-electron chi connectivity index (χ0n) is 8.65. The average molecular weight is 226 g/mol. The molecule has 1 fully saturated rings. The first-order valence-electron chi connectivity index (χ1n) is 5.12. The first-order valence-corrected chi connectivity index (χ1v) is 5.12. The van der Waals surface area contributed by atoms with Gasteiger partial charge in [-0.15, -0.1) is 12.4 Å². The molecule has 0 atom stereocenters. The summed E-state index contributed by atoms with van der Waals surface area (Å²) in [5.41, 5.74) is 0.974. The van der Waals surface area contributed by atoms with Crippen LogP contribution in [0.4, 0.5) is 0 Å². The second-order valence-corrected chi connectivity index (χ2v) is 3.63. The van der Waals surface area contributed by atoms with Crippen molar-refractivity contribution in [1.29, 1.82) is 5.41 Å². The van der Waals surface area contributed by atoms with Crippen LogP contribution in [-0.4, -0.2) is 28.8 Å². The smallest absolute Gasteiger partial charge is 0.128 e. The van der Waals surface area contributed by atoms with Crippen LogP contribution < -0.4 is 0 Å². The zero-order valence-corrected chi connectivity index (χ0v) is 9.46. The van der Waals surface area contributed by atoms with Gasteiger partial charge >= 0.3 is 0 Å². The Kier molecular flexibility index (Phi) is 4.56. The molecular formula is C11H16ClN3. The van der Waals surface area contributed by atoms with Gasteiger partial charge in [0.15, 0.2) is 0 Å². The van der Waals surface area contributed by atoms with Crippen molar-refractivity contribution in [3.63, 3.8) is 0 Å². The van der Waals surface area contributed by atoms with Crippen LogP contribution in [0, 0.1) is 5.41 Å². The molecule has 15 heavy (non-hydrogen) atoms.